The molecule has 1 aromatic heterocycles. The van der Waals surface area contributed by atoms with Crippen LogP contribution in [-0.4, -0.2) is 34.8 Å². The maximum absolute atomic E-state index is 12.9. The second kappa shape index (κ2) is 9.27. The van der Waals surface area contributed by atoms with Crippen molar-refractivity contribution >= 4 is 28.8 Å². The Morgan fingerprint density at radius 2 is 2.00 bits per heavy atom. The molecule has 1 N–H and O–H groups in total. The summed E-state index contributed by atoms with van der Waals surface area (Å²) in [6.45, 7) is 7.08. The van der Waals surface area contributed by atoms with Gasteiger partial charge in [-0.05, 0) is 48.9 Å². The van der Waals surface area contributed by atoms with Gasteiger partial charge in [-0.25, -0.2) is 0 Å². The zero-order valence-corrected chi connectivity index (χ0v) is 17.9. The van der Waals surface area contributed by atoms with E-state index in [0.717, 1.165) is 29.7 Å². The van der Waals surface area contributed by atoms with E-state index in [1.807, 2.05) is 38.3 Å². The fourth-order valence-corrected chi connectivity index (χ4v) is 4.53. The average molecular weight is 414 g/mol. The number of hydrogen-bond acceptors (Lipinski definition) is 5. The number of likely N-dealkylation sites (tertiary alicyclic amines) is 1. The minimum Gasteiger partial charge on any atom is -0.507 e. The summed E-state index contributed by atoms with van der Waals surface area (Å²) in [4.78, 5) is 28.2. The van der Waals surface area contributed by atoms with E-state index in [0.29, 0.717) is 24.5 Å². The third-order valence-corrected chi connectivity index (χ3v) is 6.09. The van der Waals surface area contributed by atoms with E-state index < -0.39 is 17.7 Å². The summed E-state index contributed by atoms with van der Waals surface area (Å²) in [5.41, 5.74) is 1.64. The predicted octanol–water partition coefficient (Wildman–Crippen LogP) is 5.07. The number of hydrogen-bond donors (Lipinski definition) is 1. The summed E-state index contributed by atoms with van der Waals surface area (Å²) in [5, 5.41) is 13.0. The lowest BCUT2D eigenvalue weighted by molar-refractivity contribution is -0.139. The zero-order valence-electron chi connectivity index (χ0n) is 17.1. The van der Waals surface area contributed by atoms with Gasteiger partial charge in [-0.15, -0.1) is 11.3 Å². The quantitative estimate of drug-likeness (QED) is 0.373. The number of aliphatic hydroxyl groups excluding tert-OH is 1. The predicted molar refractivity (Wildman–Crippen MR) is 115 cm³/mol. The molecule has 0 bridgehead atoms. The first-order valence-corrected chi connectivity index (χ1v) is 10.9. The first-order chi connectivity index (χ1) is 14.0. The molecule has 3 rings (SSSR count). The van der Waals surface area contributed by atoms with Crippen LogP contribution in [0.25, 0.3) is 5.76 Å². The van der Waals surface area contributed by atoms with Crippen LogP contribution in [-0.2, 0) is 9.59 Å². The molecule has 1 atom stereocenters. The van der Waals surface area contributed by atoms with Crippen molar-refractivity contribution < 1.29 is 19.4 Å². The Hall–Kier alpha value is -2.60. The zero-order chi connectivity index (χ0) is 21.0. The van der Waals surface area contributed by atoms with Crippen molar-refractivity contribution in [3.05, 3.63) is 57.3 Å². The molecule has 1 aromatic carbocycles. The molecule has 1 aliphatic rings. The summed E-state index contributed by atoms with van der Waals surface area (Å²) in [5.74, 6) is -0.700. The van der Waals surface area contributed by atoms with Gasteiger partial charge < -0.3 is 14.7 Å². The molecule has 1 fully saturated rings. The van der Waals surface area contributed by atoms with Crippen LogP contribution in [0.15, 0.2) is 41.3 Å². The normalized spacial score (nSPS) is 18.4. The number of nitrogens with zero attached hydrogens (tertiary/aromatic N) is 1. The molecule has 1 aliphatic heterocycles. The first kappa shape index (κ1) is 21.1. The van der Waals surface area contributed by atoms with Crippen LogP contribution in [0.2, 0.25) is 0 Å². The number of carbonyl (C=O) groups is 2. The molecule has 0 radical (unpaired) electrons. The summed E-state index contributed by atoms with van der Waals surface area (Å²) >= 11 is 1.50. The maximum Gasteiger partial charge on any atom is 0.295 e. The standard InChI is InChI=1S/C23H27NO4S/c1-4-6-11-24-19(22-15(3)10-13-29-22)18(21(26)23(24)27)20(25)16-8-7-9-17(14-16)28-12-5-2/h7-10,13-14,19,25H,4-6,11-12H2,1-3H3/b20-18-. The van der Waals surface area contributed by atoms with Gasteiger partial charge in [0.25, 0.3) is 11.7 Å². The molecule has 5 nitrogen and oxygen atoms in total. The smallest absolute Gasteiger partial charge is 0.295 e. The highest BCUT2D eigenvalue weighted by molar-refractivity contribution is 7.10. The first-order valence-electron chi connectivity index (χ1n) is 10.0. The number of aryl methyl sites for hydroxylation is 1. The van der Waals surface area contributed by atoms with Crippen molar-refractivity contribution in [1.29, 1.82) is 0 Å². The number of thiophene rings is 1. The van der Waals surface area contributed by atoms with Crippen LogP contribution in [0, 0.1) is 6.92 Å². The minimum atomic E-state index is -0.628. The van der Waals surface area contributed by atoms with Crippen LogP contribution in [0.3, 0.4) is 0 Å². The molecule has 6 heteroatoms. The Labute approximate surface area is 175 Å². The van der Waals surface area contributed by atoms with Gasteiger partial charge in [-0.1, -0.05) is 32.4 Å². The fourth-order valence-electron chi connectivity index (χ4n) is 3.48. The number of ketones is 1. The Morgan fingerprint density at radius 3 is 2.66 bits per heavy atom. The van der Waals surface area contributed by atoms with Gasteiger partial charge in [0.1, 0.15) is 11.5 Å². The molecule has 154 valence electrons. The van der Waals surface area contributed by atoms with Crippen LogP contribution in [0.4, 0.5) is 0 Å². The summed E-state index contributed by atoms with van der Waals surface area (Å²) < 4.78 is 5.66. The molecule has 2 aromatic rings. The highest BCUT2D eigenvalue weighted by atomic mass is 32.1. The summed E-state index contributed by atoms with van der Waals surface area (Å²) in [6, 6.07) is 8.45. The van der Waals surface area contributed by atoms with E-state index >= 15 is 0 Å². The van der Waals surface area contributed by atoms with Crippen molar-refractivity contribution in [2.45, 2.75) is 46.1 Å². The van der Waals surface area contributed by atoms with Crippen molar-refractivity contribution in [2.75, 3.05) is 13.2 Å². The van der Waals surface area contributed by atoms with E-state index in [1.54, 1.807) is 23.1 Å². The van der Waals surface area contributed by atoms with Crippen LogP contribution in [0.5, 0.6) is 5.75 Å². The Bertz CT molecular complexity index is 930. The molecule has 1 unspecified atom stereocenters. The SMILES string of the molecule is CCCCN1C(=O)C(=O)/C(=C(\O)c2cccc(OCCC)c2)C1c1sccc1C. The average Bonchev–Trinajstić information content (AvgIpc) is 3.25. The molecule has 0 aliphatic carbocycles. The van der Waals surface area contributed by atoms with Crippen LogP contribution >= 0.6 is 11.3 Å². The van der Waals surface area contributed by atoms with Gasteiger partial charge in [0, 0.05) is 17.0 Å². The van der Waals surface area contributed by atoms with Gasteiger partial charge in [0.05, 0.1) is 18.2 Å². The Balaban J connectivity index is 2.10. The molecule has 1 saturated heterocycles. The number of rotatable bonds is 8. The van der Waals surface area contributed by atoms with Crippen molar-refractivity contribution in [2.24, 2.45) is 0 Å². The molecule has 2 heterocycles. The monoisotopic (exact) mass is 413 g/mol. The topological polar surface area (TPSA) is 66.8 Å². The summed E-state index contributed by atoms with van der Waals surface area (Å²) in [7, 11) is 0. The van der Waals surface area contributed by atoms with Gasteiger partial charge in [-0.3, -0.25) is 9.59 Å². The van der Waals surface area contributed by atoms with E-state index in [9.17, 15) is 14.7 Å². The fraction of sp³-hybridized carbons (Fsp3) is 0.391. The van der Waals surface area contributed by atoms with Gasteiger partial charge in [0.2, 0.25) is 0 Å². The lowest BCUT2D eigenvalue weighted by Gasteiger charge is -2.24. The molecule has 0 saturated carbocycles. The number of benzene rings is 1. The summed E-state index contributed by atoms with van der Waals surface area (Å²) in [6.07, 6.45) is 2.58. The van der Waals surface area contributed by atoms with Gasteiger partial charge in [-0.2, -0.15) is 0 Å². The number of carbonyl (C=O) groups excluding carboxylic acids is 2. The van der Waals surface area contributed by atoms with Crippen LogP contribution < -0.4 is 4.74 Å². The van der Waals surface area contributed by atoms with E-state index in [-0.39, 0.29) is 11.3 Å². The number of aliphatic hydroxyl groups is 1. The molecular weight excluding hydrogens is 386 g/mol. The van der Waals surface area contributed by atoms with Crippen molar-refractivity contribution in [3.63, 3.8) is 0 Å². The van der Waals surface area contributed by atoms with Gasteiger partial charge >= 0.3 is 0 Å². The number of ether oxygens (including phenoxy) is 1. The molecular formula is C23H27NO4S. The largest absolute Gasteiger partial charge is 0.507 e. The van der Waals surface area contributed by atoms with Crippen LogP contribution in [0.1, 0.15) is 55.2 Å². The van der Waals surface area contributed by atoms with Gasteiger partial charge in [0.15, 0.2) is 0 Å². The lowest BCUT2D eigenvalue weighted by Crippen LogP contribution is -2.30. The third kappa shape index (κ3) is 4.22. The van der Waals surface area contributed by atoms with Crippen molar-refractivity contribution in [3.8, 4) is 5.75 Å². The van der Waals surface area contributed by atoms with Crippen molar-refractivity contribution in [1.82, 2.24) is 4.90 Å². The lowest BCUT2D eigenvalue weighted by atomic mass is 9.98. The molecule has 0 spiro atoms. The number of unbranched alkanes of at least 4 members (excludes halogenated alkanes) is 1. The Morgan fingerprint density at radius 1 is 1.21 bits per heavy atom. The van der Waals surface area contributed by atoms with E-state index in [1.165, 1.54) is 11.3 Å². The minimum absolute atomic E-state index is 0.151. The number of Topliss-reactive ketones (excluding diaryl/α,β-unsaturated/α-hetero) is 1. The maximum atomic E-state index is 12.9. The highest BCUT2D eigenvalue weighted by Crippen LogP contribution is 2.42. The Kier molecular flexibility index (Phi) is 6.75. The van der Waals surface area contributed by atoms with E-state index in [4.69, 9.17) is 4.74 Å². The molecule has 1 amide bonds. The highest BCUT2D eigenvalue weighted by Gasteiger charge is 2.46. The third-order valence-electron chi connectivity index (χ3n) is 5.02. The second-order valence-corrected chi connectivity index (χ2v) is 8.14. The van der Waals surface area contributed by atoms with E-state index in [2.05, 4.69) is 0 Å². The number of amides is 1. The molecule has 29 heavy (non-hydrogen) atoms. The second-order valence-electron chi connectivity index (χ2n) is 7.19.